The van der Waals surface area contributed by atoms with Crippen molar-refractivity contribution < 1.29 is 36.6 Å². The number of likely N-dealkylation sites (N-methyl/N-ethyl adjacent to an activating group) is 1. The van der Waals surface area contributed by atoms with Gasteiger partial charge in [0.2, 0.25) is 0 Å². The molecule has 2 bridgehead atoms. The van der Waals surface area contributed by atoms with Gasteiger partial charge in [-0.1, -0.05) is 11.6 Å². The summed E-state index contributed by atoms with van der Waals surface area (Å²) in [6, 6.07) is 4.48. The van der Waals surface area contributed by atoms with Crippen LogP contribution in [0.3, 0.4) is 0 Å². The zero-order valence-electron chi connectivity index (χ0n) is 20.0. The second-order valence-corrected chi connectivity index (χ2v) is 12.3. The van der Waals surface area contributed by atoms with Crippen LogP contribution in [0.4, 0.5) is 18.9 Å². The molecule has 2 saturated carbocycles. The normalized spacial score (nSPS) is 26.2. The van der Waals surface area contributed by atoms with Crippen LogP contribution in [0.5, 0.6) is 0 Å². The summed E-state index contributed by atoms with van der Waals surface area (Å²) in [5.41, 5.74) is -1.63. The fourth-order valence-corrected chi connectivity index (χ4v) is 8.85. The first-order chi connectivity index (χ1) is 17.4. The van der Waals surface area contributed by atoms with Gasteiger partial charge in [-0.15, -0.1) is 0 Å². The first-order valence-corrected chi connectivity index (χ1v) is 13.8. The first kappa shape index (κ1) is 27.8. The average molecular weight is 561 g/mol. The monoisotopic (exact) mass is 560 g/mol. The summed E-state index contributed by atoms with van der Waals surface area (Å²) in [6.45, 7) is -0.119. The van der Waals surface area contributed by atoms with Crippen LogP contribution in [-0.4, -0.2) is 55.1 Å². The van der Waals surface area contributed by atoms with Crippen molar-refractivity contribution in [1.82, 2.24) is 5.32 Å². The third-order valence-electron chi connectivity index (χ3n) is 7.58. The topological polar surface area (TPSA) is 116 Å². The van der Waals surface area contributed by atoms with E-state index in [2.05, 4.69) is 10.6 Å². The van der Waals surface area contributed by atoms with Crippen molar-refractivity contribution in [3.05, 3.63) is 58.4 Å². The van der Waals surface area contributed by atoms with Crippen molar-refractivity contribution in [2.24, 2.45) is 11.8 Å². The Balaban J connectivity index is 1.60. The lowest BCUT2D eigenvalue weighted by molar-refractivity contribution is -0.0534. The Morgan fingerprint density at radius 2 is 1.73 bits per heavy atom. The lowest BCUT2D eigenvalue weighted by atomic mass is 9.72. The highest BCUT2D eigenvalue weighted by molar-refractivity contribution is 7.92. The third kappa shape index (κ3) is 5.24. The molecule has 2 aliphatic rings. The van der Waals surface area contributed by atoms with Crippen molar-refractivity contribution in [2.75, 3.05) is 19.0 Å². The van der Waals surface area contributed by atoms with Crippen LogP contribution in [0.2, 0.25) is 5.02 Å². The van der Waals surface area contributed by atoms with Gasteiger partial charge in [0.1, 0.15) is 0 Å². The molecule has 202 valence electrons. The van der Waals surface area contributed by atoms with Crippen LogP contribution < -0.4 is 10.6 Å². The number of sulfone groups is 1. The Kier molecular flexibility index (Phi) is 7.92. The molecule has 0 radical (unpaired) electrons. The molecule has 2 aliphatic carbocycles. The molecule has 4 N–H and O–H groups in total. The summed E-state index contributed by atoms with van der Waals surface area (Å²) < 4.78 is 67.9. The maximum atomic E-state index is 13.8. The van der Waals surface area contributed by atoms with Crippen molar-refractivity contribution in [1.29, 1.82) is 0 Å². The van der Waals surface area contributed by atoms with Gasteiger partial charge < -0.3 is 20.8 Å². The van der Waals surface area contributed by atoms with E-state index in [0.29, 0.717) is 31.4 Å². The van der Waals surface area contributed by atoms with Gasteiger partial charge in [0, 0.05) is 36.0 Å². The van der Waals surface area contributed by atoms with Crippen molar-refractivity contribution in [3.8, 4) is 0 Å². The minimum absolute atomic E-state index is 0.0796. The van der Waals surface area contributed by atoms with Crippen molar-refractivity contribution in [2.45, 2.75) is 53.9 Å². The molecule has 3 atom stereocenters. The van der Waals surface area contributed by atoms with E-state index in [9.17, 15) is 36.6 Å². The lowest BCUT2D eigenvalue weighted by Gasteiger charge is -2.45. The molecule has 7 nitrogen and oxygen atoms in total. The number of benzene rings is 2. The molecule has 2 aromatic rings. The van der Waals surface area contributed by atoms with Crippen LogP contribution in [0, 0.1) is 29.3 Å². The molecule has 2 aromatic carbocycles. The number of aliphatic hydroxyl groups is 2. The van der Waals surface area contributed by atoms with E-state index in [1.54, 1.807) is 7.05 Å². The van der Waals surface area contributed by atoms with Gasteiger partial charge in [-0.25, -0.2) is 21.6 Å². The molecular weight excluding hydrogens is 533 g/mol. The van der Waals surface area contributed by atoms with Crippen LogP contribution in [-0.2, 0) is 9.84 Å². The van der Waals surface area contributed by atoms with Gasteiger partial charge in [0.25, 0.3) is 5.91 Å². The molecule has 0 spiro atoms. The average Bonchev–Trinajstić information content (AvgIpc) is 3.14. The maximum Gasteiger partial charge on any atom is 0.255 e. The Bertz CT molecular complexity index is 1270. The molecule has 12 heteroatoms. The minimum atomic E-state index is -4.03. The van der Waals surface area contributed by atoms with Crippen LogP contribution >= 0.6 is 11.6 Å². The number of hydrogen-bond donors (Lipinski definition) is 4. The summed E-state index contributed by atoms with van der Waals surface area (Å²) in [5.74, 6) is -6.20. The number of fused-ring (bicyclic) bond motifs is 2. The minimum Gasteiger partial charge on any atom is -0.396 e. The van der Waals surface area contributed by atoms with E-state index in [4.69, 9.17) is 11.6 Å². The maximum absolute atomic E-state index is 13.8. The third-order valence-corrected chi connectivity index (χ3v) is 10.5. The Morgan fingerprint density at radius 3 is 2.27 bits per heavy atom. The fraction of sp³-hybridized carbons (Fsp3) is 0.480. The number of nitrogens with one attached hydrogen (secondary N) is 2. The first-order valence-electron chi connectivity index (χ1n) is 11.9. The smallest absolute Gasteiger partial charge is 0.255 e. The van der Waals surface area contributed by atoms with Crippen molar-refractivity contribution >= 4 is 33.0 Å². The number of carbonyl (C=O) groups excluding carboxylic acids is 1. The zero-order valence-corrected chi connectivity index (χ0v) is 21.6. The number of hydrogen-bond acceptors (Lipinski definition) is 6. The summed E-state index contributed by atoms with van der Waals surface area (Å²) in [6.07, 6.45) is 2.00. The molecule has 4 rings (SSSR count). The Labute approximate surface area is 217 Å². The molecule has 1 amide bonds. The lowest BCUT2D eigenvalue weighted by Crippen LogP contribution is -2.56. The second-order valence-electron chi connectivity index (χ2n) is 9.83. The quantitative estimate of drug-likeness (QED) is 0.366. The number of anilines is 1. The van der Waals surface area contributed by atoms with E-state index in [0.717, 1.165) is 6.07 Å². The van der Waals surface area contributed by atoms with Gasteiger partial charge in [-0.05, 0) is 69.2 Å². The predicted octanol–water partition coefficient (Wildman–Crippen LogP) is 3.67. The van der Waals surface area contributed by atoms with Crippen LogP contribution in [0.15, 0.2) is 35.2 Å². The zero-order chi connectivity index (χ0) is 27.1. The fourth-order valence-electron chi connectivity index (χ4n) is 6.01. The Morgan fingerprint density at radius 1 is 1.14 bits per heavy atom. The molecule has 2 unspecified atom stereocenters. The number of aliphatic hydroxyl groups excluding tert-OH is 1. The van der Waals surface area contributed by atoms with Gasteiger partial charge >= 0.3 is 0 Å². The predicted molar refractivity (Wildman–Crippen MR) is 132 cm³/mol. The van der Waals surface area contributed by atoms with E-state index in [1.807, 2.05) is 0 Å². The molecule has 0 saturated heterocycles. The number of carbonyl (C=O) groups is 1. The summed E-state index contributed by atoms with van der Waals surface area (Å²) in [5, 5.41) is 25.1. The SMILES string of the molecule is CN[C@H](CCO)C1(O)CC2CCC(C1)C2S(=O)(=O)c1cc(C(=O)Nc2cc(F)c(F)c(F)c2)ccc1Cl. The standard InChI is InChI=1S/C25H28ClF3N2O5S/c1-30-21(6-7-32)25(34)11-14-2-3-15(12-25)23(14)37(35,36)20-8-13(4-5-17(20)26)24(33)31-16-9-18(27)22(29)19(28)10-16/h4-5,8-10,14-15,21,23,30,32,34H,2-3,6-7,11-12H2,1H3,(H,31,33)/t14?,15?,21-,23?,25?/m1/s1. The molecule has 0 aromatic heterocycles. The molecule has 37 heavy (non-hydrogen) atoms. The number of amides is 1. The molecule has 0 aliphatic heterocycles. The summed E-state index contributed by atoms with van der Waals surface area (Å²) in [4.78, 5) is 12.5. The highest BCUT2D eigenvalue weighted by Crippen LogP contribution is 2.52. The van der Waals surface area contributed by atoms with E-state index < -0.39 is 44.0 Å². The number of rotatable bonds is 8. The van der Waals surface area contributed by atoms with Gasteiger partial charge in [0.05, 0.1) is 20.8 Å². The summed E-state index contributed by atoms with van der Waals surface area (Å²) in [7, 11) is -2.35. The van der Waals surface area contributed by atoms with E-state index in [1.165, 1.54) is 12.1 Å². The molecular formula is C25H28ClF3N2O5S. The van der Waals surface area contributed by atoms with Crippen LogP contribution in [0.1, 0.15) is 42.5 Å². The molecule has 2 fully saturated rings. The Hall–Kier alpha value is -2.18. The van der Waals surface area contributed by atoms with Crippen LogP contribution in [0.25, 0.3) is 0 Å². The molecule has 0 heterocycles. The number of halogens is 4. The second kappa shape index (κ2) is 10.5. The summed E-state index contributed by atoms with van der Waals surface area (Å²) >= 11 is 6.27. The highest BCUT2D eigenvalue weighted by Gasteiger charge is 2.56. The van der Waals surface area contributed by atoms with Crippen molar-refractivity contribution in [3.63, 3.8) is 0 Å². The van der Waals surface area contributed by atoms with Gasteiger partial charge in [0.15, 0.2) is 27.3 Å². The van der Waals surface area contributed by atoms with Gasteiger partial charge in [-0.2, -0.15) is 0 Å². The largest absolute Gasteiger partial charge is 0.396 e. The van der Waals surface area contributed by atoms with E-state index in [-0.39, 0.29) is 58.5 Å². The highest BCUT2D eigenvalue weighted by atomic mass is 35.5. The van der Waals surface area contributed by atoms with E-state index >= 15 is 0 Å². The van der Waals surface area contributed by atoms with Gasteiger partial charge in [-0.3, -0.25) is 4.79 Å².